The standard InChI is InChI=1S/C16H19ClN4/c1-12-6-8-21(9-7-12)16-10-15(18-11-19-16)20-14-4-2-13(17)3-5-14/h2-5,10-12H,6-9H2,1H3,(H,18,19,20). The third-order valence-electron chi connectivity index (χ3n) is 3.88. The Morgan fingerprint density at radius 2 is 1.86 bits per heavy atom. The number of hydrogen-bond acceptors (Lipinski definition) is 4. The average Bonchev–Trinajstić information content (AvgIpc) is 2.51. The minimum atomic E-state index is 0.728. The minimum Gasteiger partial charge on any atom is -0.356 e. The van der Waals surface area contributed by atoms with Crippen molar-refractivity contribution in [1.29, 1.82) is 0 Å². The first-order valence-electron chi connectivity index (χ1n) is 7.30. The van der Waals surface area contributed by atoms with E-state index in [-0.39, 0.29) is 0 Å². The zero-order valence-electron chi connectivity index (χ0n) is 12.1. The highest BCUT2D eigenvalue weighted by Gasteiger charge is 2.17. The van der Waals surface area contributed by atoms with Crippen LogP contribution >= 0.6 is 11.6 Å². The van der Waals surface area contributed by atoms with Crippen LogP contribution in [-0.4, -0.2) is 23.1 Å². The number of rotatable bonds is 3. The lowest BCUT2D eigenvalue weighted by Gasteiger charge is -2.31. The Morgan fingerprint density at radius 1 is 1.14 bits per heavy atom. The van der Waals surface area contributed by atoms with Gasteiger partial charge in [0.05, 0.1) is 0 Å². The van der Waals surface area contributed by atoms with E-state index in [9.17, 15) is 0 Å². The number of nitrogens with zero attached hydrogens (tertiary/aromatic N) is 3. The second-order valence-electron chi connectivity index (χ2n) is 5.56. The van der Waals surface area contributed by atoms with Crippen molar-refractivity contribution in [2.45, 2.75) is 19.8 Å². The highest BCUT2D eigenvalue weighted by Crippen LogP contribution is 2.24. The molecule has 1 N–H and O–H groups in total. The molecule has 3 rings (SSSR count). The van der Waals surface area contributed by atoms with Gasteiger partial charge in [-0.05, 0) is 43.0 Å². The molecule has 1 aliphatic heterocycles. The van der Waals surface area contributed by atoms with Crippen LogP contribution in [0.3, 0.4) is 0 Å². The van der Waals surface area contributed by atoms with Crippen molar-refractivity contribution in [1.82, 2.24) is 9.97 Å². The van der Waals surface area contributed by atoms with Gasteiger partial charge in [0.15, 0.2) is 0 Å². The molecule has 4 nitrogen and oxygen atoms in total. The monoisotopic (exact) mass is 302 g/mol. The smallest absolute Gasteiger partial charge is 0.135 e. The van der Waals surface area contributed by atoms with Crippen LogP contribution in [0, 0.1) is 5.92 Å². The van der Waals surface area contributed by atoms with E-state index in [1.165, 1.54) is 12.8 Å². The molecule has 5 heteroatoms. The van der Waals surface area contributed by atoms with Crippen molar-refractivity contribution in [3.63, 3.8) is 0 Å². The van der Waals surface area contributed by atoms with E-state index in [0.29, 0.717) is 0 Å². The third-order valence-corrected chi connectivity index (χ3v) is 4.13. The van der Waals surface area contributed by atoms with E-state index < -0.39 is 0 Å². The van der Waals surface area contributed by atoms with Crippen LogP contribution in [0.4, 0.5) is 17.3 Å². The molecule has 21 heavy (non-hydrogen) atoms. The van der Waals surface area contributed by atoms with E-state index in [1.807, 2.05) is 30.3 Å². The van der Waals surface area contributed by atoms with E-state index in [0.717, 1.165) is 41.4 Å². The molecule has 1 fully saturated rings. The molecule has 0 bridgehead atoms. The highest BCUT2D eigenvalue weighted by atomic mass is 35.5. The van der Waals surface area contributed by atoms with Gasteiger partial charge in [-0.1, -0.05) is 18.5 Å². The van der Waals surface area contributed by atoms with E-state index >= 15 is 0 Å². The van der Waals surface area contributed by atoms with Crippen LogP contribution in [-0.2, 0) is 0 Å². The first-order chi connectivity index (χ1) is 10.2. The molecule has 2 aromatic rings. The van der Waals surface area contributed by atoms with Crippen LogP contribution in [0.15, 0.2) is 36.7 Å². The summed E-state index contributed by atoms with van der Waals surface area (Å²) in [4.78, 5) is 11.0. The van der Waals surface area contributed by atoms with Crippen LogP contribution in [0.2, 0.25) is 5.02 Å². The van der Waals surface area contributed by atoms with Gasteiger partial charge in [0, 0.05) is 29.9 Å². The Balaban J connectivity index is 1.72. The van der Waals surface area contributed by atoms with Gasteiger partial charge in [-0.3, -0.25) is 0 Å². The lowest BCUT2D eigenvalue weighted by atomic mass is 9.99. The van der Waals surface area contributed by atoms with Crippen molar-refractivity contribution in [2.75, 3.05) is 23.3 Å². The summed E-state index contributed by atoms with van der Waals surface area (Å²) in [6, 6.07) is 9.60. The van der Waals surface area contributed by atoms with Gasteiger partial charge in [0.1, 0.15) is 18.0 Å². The molecule has 1 saturated heterocycles. The van der Waals surface area contributed by atoms with Gasteiger partial charge >= 0.3 is 0 Å². The molecule has 1 aromatic carbocycles. The van der Waals surface area contributed by atoms with Crippen LogP contribution in [0.1, 0.15) is 19.8 Å². The molecule has 0 radical (unpaired) electrons. The number of benzene rings is 1. The molecule has 110 valence electrons. The molecule has 0 amide bonds. The SMILES string of the molecule is CC1CCN(c2cc(Nc3ccc(Cl)cc3)ncn2)CC1. The maximum absolute atomic E-state index is 5.89. The Morgan fingerprint density at radius 3 is 2.57 bits per heavy atom. The predicted octanol–water partition coefficient (Wildman–Crippen LogP) is 4.11. The number of nitrogens with one attached hydrogen (secondary N) is 1. The molecule has 2 heterocycles. The summed E-state index contributed by atoms with van der Waals surface area (Å²) in [6.45, 7) is 4.45. The fourth-order valence-electron chi connectivity index (χ4n) is 2.51. The Hall–Kier alpha value is -1.81. The fraction of sp³-hybridized carbons (Fsp3) is 0.375. The summed E-state index contributed by atoms with van der Waals surface area (Å²) in [5.74, 6) is 2.61. The normalized spacial score (nSPS) is 16.0. The van der Waals surface area contributed by atoms with Crippen molar-refractivity contribution >= 4 is 28.9 Å². The lowest BCUT2D eigenvalue weighted by molar-refractivity contribution is 0.436. The van der Waals surface area contributed by atoms with Crippen molar-refractivity contribution in [3.8, 4) is 0 Å². The topological polar surface area (TPSA) is 41.0 Å². The van der Waals surface area contributed by atoms with Gasteiger partial charge in [0.25, 0.3) is 0 Å². The zero-order chi connectivity index (χ0) is 14.7. The second-order valence-corrected chi connectivity index (χ2v) is 6.00. The third kappa shape index (κ3) is 3.64. The summed E-state index contributed by atoms with van der Waals surface area (Å²) in [5, 5.41) is 4.01. The number of anilines is 3. The summed E-state index contributed by atoms with van der Waals surface area (Å²) in [7, 11) is 0. The molecule has 1 aliphatic rings. The molecule has 0 atom stereocenters. The molecule has 0 spiro atoms. The van der Waals surface area contributed by atoms with Gasteiger partial charge in [-0.2, -0.15) is 0 Å². The maximum atomic E-state index is 5.89. The van der Waals surface area contributed by atoms with Crippen LogP contribution < -0.4 is 10.2 Å². The van der Waals surface area contributed by atoms with E-state index in [1.54, 1.807) is 6.33 Å². The summed E-state index contributed by atoms with van der Waals surface area (Å²) >= 11 is 5.89. The Kier molecular flexibility index (Phi) is 4.25. The van der Waals surface area contributed by atoms with E-state index in [2.05, 4.69) is 27.1 Å². The van der Waals surface area contributed by atoms with Crippen molar-refractivity contribution in [3.05, 3.63) is 41.7 Å². The van der Waals surface area contributed by atoms with Crippen molar-refractivity contribution in [2.24, 2.45) is 5.92 Å². The van der Waals surface area contributed by atoms with Crippen molar-refractivity contribution < 1.29 is 0 Å². The predicted molar refractivity (Wildman–Crippen MR) is 87.4 cm³/mol. The largest absolute Gasteiger partial charge is 0.356 e. The molecule has 1 aromatic heterocycles. The average molecular weight is 303 g/mol. The quantitative estimate of drug-likeness (QED) is 0.926. The number of aromatic nitrogens is 2. The van der Waals surface area contributed by atoms with Crippen LogP contribution in [0.25, 0.3) is 0 Å². The molecule has 0 unspecified atom stereocenters. The summed E-state index contributed by atoms with van der Waals surface area (Å²) < 4.78 is 0. The van der Waals surface area contributed by atoms with Gasteiger partial charge < -0.3 is 10.2 Å². The van der Waals surface area contributed by atoms with Gasteiger partial charge in [0.2, 0.25) is 0 Å². The highest BCUT2D eigenvalue weighted by molar-refractivity contribution is 6.30. The summed E-state index contributed by atoms with van der Waals surface area (Å²) in [5.41, 5.74) is 0.969. The number of piperidine rings is 1. The molecular formula is C16H19ClN4. The van der Waals surface area contributed by atoms with Crippen LogP contribution in [0.5, 0.6) is 0 Å². The molecule has 0 saturated carbocycles. The second kappa shape index (κ2) is 6.31. The first kappa shape index (κ1) is 14.1. The Labute approximate surface area is 130 Å². The zero-order valence-corrected chi connectivity index (χ0v) is 12.8. The minimum absolute atomic E-state index is 0.728. The van der Waals surface area contributed by atoms with Gasteiger partial charge in [-0.15, -0.1) is 0 Å². The fourth-order valence-corrected chi connectivity index (χ4v) is 2.63. The molecule has 0 aliphatic carbocycles. The Bertz CT molecular complexity index is 591. The van der Waals surface area contributed by atoms with Gasteiger partial charge in [-0.25, -0.2) is 9.97 Å². The lowest BCUT2D eigenvalue weighted by Crippen LogP contribution is -2.33. The number of halogens is 1. The number of hydrogen-bond donors (Lipinski definition) is 1. The first-order valence-corrected chi connectivity index (χ1v) is 7.68. The van der Waals surface area contributed by atoms with E-state index in [4.69, 9.17) is 11.6 Å². The maximum Gasteiger partial charge on any atom is 0.135 e. The molecular weight excluding hydrogens is 284 g/mol. The summed E-state index contributed by atoms with van der Waals surface area (Å²) in [6.07, 6.45) is 4.07.